The molecule has 0 amide bonds. The highest BCUT2D eigenvalue weighted by atomic mass is 16.5. The first kappa shape index (κ1) is 16.0. The average molecular weight is 316 g/mol. The van der Waals surface area contributed by atoms with Crippen LogP contribution in [0.4, 0.5) is 0 Å². The van der Waals surface area contributed by atoms with E-state index in [-0.39, 0.29) is 0 Å². The molecule has 1 aromatic heterocycles. The molecular formula is C21H20N2O. The van der Waals surface area contributed by atoms with Crippen molar-refractivity contribution in [3.63, 3.8) is 0 Å². The van der Waals surface area contributed by atoms with Gasteiger partial charge in [-0.2, -0.15) is 5.26 Å². The molecule has 3 rings (SSSR count). The van der Waals surface area contributed by atoms with E-state index in [4.69, 9.17) is 9.72 Å². The van der Waals surface area contributed by atoms with Crippen molar-refractivity contribution in [2.75, 3.05) is 0 Å². The van der Waals surface area contributed by atoms with Gasteiger partial charge in [0.2, 0.25) is 0 Å². The number of benzene rings is 2. The van der Waals surface area contributed by atoms with E-state index in [1.165, 1.54) is 0 Å². The summed E-state index contributed by atoms with van der Waals surface area (Å²) in [4.78, 5) is 4.73. The first-order chi connectivity index (χ1) is 11.8. The Morgan fingerprint density at radius 1 is 1.08 bits per heavy atom. The van der Waals surface area contributed by atoms with Crippen LogP contribution in [0.3, 0.4) is 0 Å². The molecular weight excluding hydrogens is 296 g/mol. The lowest BCUT2D eigenvalue weighted by Gasteiger charge is -2.12. The fourth-order valence-corrected chi connectivity index (χ4v) is 2.71. The van der Waals surface area contributed by atoms with Crippen molar-refractivity contribution in [2.24, 2.45) is 0 Å². The van der Waals surface area contributed by atoms with Crippen molar-refractivity contribution in [2.45, 2.75) is 32.8 Å². The second-order valence-corrected chi connectivity index (χ2v) is 5.79. The number of pyridine rings is 1. The van der Waals surface area contributed by atoms with Crippen LogP contribution >= 0.6 is 0 Å². The number of unbranched alkanes of at least 4 members (excludes halogenated alkanes) is 1. The molecule has 0 aliphatic heterocycles. The van der Waals surface area contributed by atoms with Crippen molar-refractivity contribution in [1.29, 1.82) is 5.26 Å². The number of nitrogens with zero attached hydrogens (tertiary/aromatic N) is 2. The van der Waals surface area contributed by atoms with Crippen molar-refractivity contribution in [3.05, 3.63) is 71.4 Å². The summed E-state index contributed by atoms with van der Waals surface area (Å²) in [5.41, 5.74) is 3.56. The predicted molar refractivity (Wildman–Crippen MR) is 95.8 cm³/mol. The van der Waals surface area contributed by atoms with Crippen molar-refractivity contribution < 1.29 is 4.74 Å². The smallest absolute Gasteiger partial charge is 0.131 e. The maximum absolute atomic E-state index is 9.21. The number of fused-ring (bicyclic) bond motifs is 1. The molecule has 2 aromatic carbocycles. The van der Waals surface area contributed by atoms with Crippen LogP contribution in [0.1, 0.15) is 36.6 Å². The first-order valence-electron chi connectivity index (χ1n) is 8.31. The monoisotopic (exact) mass is 316 g/mol. The number of nitriles is 1. The maximum atomic E-state index is 9.21. The normalized spacial score (nSPS) is 10.5. The highest BCUT2D eigenvalue weighted by Crippen LogP contribution is 2.27. The summed E-state index contributed by atoms with van der Waals surface area (Å²) in [6.07, 6.45) is 3.20. The molecule has 0 saturated heterocycles. The van der Waals surface area contributed by atoms with Gasteiger partial charge in [0, 0.05) is 22.7 Å². The predicted octanol–water partition coefficient (Wildman–Crippen LogP) is 5.03. The van der Waals surface area contributed by atoms with Crippen LogP contribution in [-0.2, 0) is 13.0 Å². The molecule has 3 nitrogen and oxygen atoms in total. The Morgan fingerprint density at radius 2 is 1.88 bits per heavy atom. The van der Waals surface area contributed by atoms with E-state index in [1.54, 1.807) is 0 Å². The Kier molecular flexibility index (Phi) is 5.08. The quantitative estimate of drug-likeness (QED) is 0.641. The maximum Gasteiger partial charge on any atom is 0.131 e. The Bertz CT molecular complexity index is 880. The molecule has 0 N–H and O–H groups in total. The molecule has 24 heavy (non-hydrogen) atoms. The summed E-state index contributed by atoms with van der Waals surface area (Å²) in [5, 5.41) is 10.2. The van der Waals surface area contributed by atoms with Gasteiger partial charge in [0.1, 0.15) is 12.4 Å². The zero-order valence-electron chi connectivity index (χ0n) is 13.8. The van der Waals surface area contributed by atoms with E-state index in [1.807, 2.05) is 54.6 Å². The van der Waals surface area contributed by atoms with Gasteiger partial charge in [-0.3, -0.25) is 4.98 Å². The number of para-hydroxylation sites is 1. The van der Waals surface area contributed by atoms with Gasteiger partial charge in [0.25, 0.3) is 0 Å². The number of aromatic nitrogens is 1. The molecule has 120 valence electrons. The third-order valence-electron chi connectivity index (χ3n) is 4.04. The van der Waals surface area contributed by atoms with Crippen molar-refractivity contribution in [3.8, 4) is 11.8 Å². The highest BCUT2D eigenvalue weighted by molar-refractivity contribution is 5.85. The van der Waals surface area contributed by atoms with Gasteiger partial charge in [-0.25, -0.2) is 0 Å². The van der Waals surface area contributed by atoms with Crippen LogP contribution in [-0.4, -0.2) is 4.98 Å². The van der Waals surface area contributed by atoms with Crippen LogP contribution < -0.4 is 4.74 Å². The molecule has 0 aliphatic rings. The summed E-state index contributed by atoms with van der Waals surface area (Å²) in [6, 6.07) is 19.8. The van der Waals surface area contributed by atoms with Gasteiger partial charge in [-0.05, 0) is 31.0 Å². The van der Waals surface area contributed by atoms with Crippen LogP contribution in [0.15, 0.2) is 54.6 Å². The molecule has 3 aromatic rings. The molecule has 0 atom stereocenters. The largest absolute Gasteiger partial charge is 0.488 e. The highest BCUT2D eigenvalue weighted by Gasteiger charge is 2.08. The minimum Gasteiger partial charge on any atom is -0.488 e. The van der Waals surface area contributed by atoms with Gasteiger partial charge in [0.15, 0.2) is 0 Å². The van der Waals surface area contributed by atoms with Gasteiger partial charge in [-0.1, -0.05) is 43.7 Å². The summed E-state index contributed by atoms with van der Waals surface area (Å²) in [6.45, 7) is 2.56. The molecule has 0 bridgehead atoms. The minimum atomic E-state index is 0.380. The zero-order chi connectivity index (χ0) is 16.8. The number of hydrogen-bond acceptors (Lipinski definition) is 3. The van der Waals surface area contributed by atoms with Gasteiger partial charge in [0.05, 0.1) is 17.1 Å². The minimum absolute atomic E-state index is 0.380. The summed E-state index contributed by atoms with van der Waals surface area (Å²) in [7, 11) is 0. The van der Waals surface area contributed by atoms with Gasteiger partial charge < -0.3 is 4.74 Å². The summed E-state index contributed by atoms with van der Waals surface area (Å²) in [5.74, 6) is 0.833. The van der Waals surface area contributed by atoms with E-state index in [0.29, 0.717) is 12.2 Å². The van der Waals surface area contributed by atoms with Crippen LogP contribution in [0.5, 0.6) is 5.75 Å². The van der Waals surface area contributed by atoms with E-state index >= 15 is 0 Å². The fourth-order valence-electron chi connectivity index (χ4n) is 2.71. The second-order valence-electron chi connectivity index (χ2n) is 5.79. The molecule has 1 heterocycles. The Hall–Kier alpha value is -2.86. The first-order valence-corrected chi connectivity index (χ1v) is 8.31. The summed E-state index contributed by atoms with van der Waals surface area (Å²) >= 11 is 0. The zero-order valence-corrected chi connectivity index (χ0v) is 13.8. The van der Waals surface area contributed by atoms with E-state index < -0.39 is 0 Å². The second kappa shape index (κ2) is 7.61. The summed E-state index contributed by atoms with van der Waals surface area (Å²) < 4.78 is 6.08. The van der Waals surface area contributed by atoms with Crippen LogP contribution in [0.25, 0.3) is 10.9 Å². The van der Waals surface area contributed by atoms with Crippen molar-refractivity contribution in [1.82, 2.24) is 4.98 Å². The molecule has 3 heteroatoms. The van der Waals surface area contributed by atoms with Gasteiger partial charge >= 0.3 is 0 Å². The Morgan fingerprint density at radius 3 is 2.71 bits per heavy atom. The topological polar surface area (TPSA) is 45.9 Å². The third-order valence-corrected chi connectivity index (χ3v) is 4.04. The van der Waals surface area contributed by atoms with E-state index in [0.717, 1.165) is 47.2 Å². The molecule has 0 radical (unpaired) electrons. The number of hydrogen-bond donors (Lipinski definition) is 0. The third kappa shape index (κ3) is 3.55. The molecule has 0 aliphatic carbocycles. The van der Waals surface area contributed by atoms with Gasteiger partial charge in [-0.15, -0.1) is 0 Å². The molecule has 0 fully saturated rings. The molecule has 0 spiro atoms. The number of aryl methyl sites for hydroxylation is 1. The van der Waals surface area contributed by atoms with E-state index in [2.05, 4.69) is 13.0 Å². The van der Waals surface area contributed by atoms with Crippen LogP contribution in [0.2, 0.25) is 0 Å². The lowest BCUT2D eigenvalue weighted by atomic mass is 10.1. The average Bonchev–Trinajstić information content (AvgIpc) is 2.64. The Labute approximate surface area is 142 Å². The fraction of sp³-hybridized carbons (Fsp3) is 0.238. The van der Waals surface area contributed by atoms with Crippen molar-refractivity contribution >= 4 is 10.9 Å². The Balaban J connectivity index is 1.91. The van der Waals surface area contributed by atoms with Crippen LogP contribution in [0, 0.1) is 11.3 Å². The lowest BCUT2D eigenvalue weighted by molar-refractivity contribution is 0.309. The van der Waals surface area contributed by atoms with E-state index in [9.17, 15) is 5.26 Å². The molecule has 0 unspecified atom stereocenters. The lowest BCUT2D eigenvalue weighted by Crippen LogP contribution is -2.01. The number of ether oxygens (including phenoxy) is 1. The number of rotatable bonds is 6. The molecule has 0 saturated carbocycles. The SMILES string of the molecule is CCCCc1cc(OCc2ccccc2C#N)c2ccccc2n1. The standard InChI is InChI=1S/C21H20N2O/c1-2-3-10-18-13-21(19-11-6-7-12-20(19)23-18)24-15-17-9-5-4-8-16(17)14-22/h4-9,11-13H,2-3,10,15H2,1H3.